The molecule has 192 valence electrons. The minimum Gasteiger partial charge on any atom is -0.456 e. The lowest BCUT2D eigenvalue weighted by Crippen LogP contribution is -2.25. The van der Waals surface area contributed by atoms with Gasteiger partial charge in [0.2, 0.25) is 0 Å². The fourth-order valence-corrected chi connectivity index (χ4v) is 4.09. The van der Waals surface area contributed by atoms with Crippen molar-refractivity contribution in [2.45, 2.75) is 78.6 Å². The van der Waals surface area contributed by atoms with Gasteiger partial charge in [-0.1, -0.05) is 55.8 Å². The average Bonchev–Trinajstić information content (AvgIpc) is 3.16. The van der Waals surface area contributed by atoms with E-state index < -0.39 is 17.1 Å². The number of imidazole rings is 1. The van der Waals surface area contributed by atoms with Gasteiger partial charge >= 0.3 is 5.97 Å². The van der Waals surface area contributed by atoms with Crippen molar-refractivity contribution in [1.29, 1.82) is 0 Å². The summed E-state index contributed by atoms with van der Waals surface area (Å²) >= 11 is 0. The summed E-state index contributed by atoms with van der Waals surface area (Å²) in [4.78, 5) is 29.8. The summed E-state index contributed by atoms with van der Waals surface area (Å²) in [5.74, 6) is -0.265. The highest BCUT2D eigenvalue weighted by Crippen LogP contribution is 2.28. The van der Waals surface area contributed by atoms with Crippen molar-refractivity contribution in [2.75, 3.05) is 0 Å². The van der Waals surface area contributed by atoms with Gasteiger partial charge in [0.05, 0.1) is 5.56 Å². The van der Waals surface area contributed by atoms with Crippen LogP contribution in [-0.2, 0) is 23.3 Å². The highest BCUT2D eigenvalue weighted by atomic mass is 16.6. The summed E-state index contributed by atoms with van der Waals surface area (Å²) in [6.45, 7) is 11.2. The van der Waals surface area contributed by atoms with E-state index in [-0.39, 0.29) is 11.7 Å². The molecule has 0 radical (unpaired) electrons. The van der Waals surface area contributed by atoms with E-state index in [1.807, 2.05) is 67.8 Å². The molecule has 7 nitrogen and oxygen atoms in total. The van der Waals surface area contributed by atoms with Crippen LogP contribution in [0.2, 0.25) is 0 Å². The number of ether oxygens (including phenoxy) is 1. The number of hydrogen-bond donors (Lipinski definition) is 2. The van der Waals surface area contributed by atoms with Crippen molar-refractivity contribution < 1.29 is 19.4 Å². The predicted octanol–water partition coefficient (Wildman–Crippen LogP) is 5.22. The molecule has 3 rings (SSSR count). The zero-order valence-electron chi connectivity index (χ0n) is 22.1. The Balaban J connectivity index is 1.97. The molecule has 0 aliphatic carbocycles. The fourth-order valence-electron chi connectivity index (χ4n) is 4.09. The molecule has 1 amide bonds. The molecule has 3 aromatic rings. The number of benzene rings is 2. The minimum atomic E-state index is -1.30. The molecular formula is C29H37N3O4. The molecule has 0 spiro atoms. The maximum atomic E-state index is 12.8. The number of aryl methyl sites for hydroxylation is 1. The van der Waals surface area contributed by atoms with Crippen molar-refractivity contribution in [3.05, 3.63) is 76.9 Å². The molecule has 36 heavy (non-hydrogen) atoms. The second-order valence-corrected chi connectivity index (χ2v) is 10.6. The Morgan fingerprint density at radius 2 is 1.67 bits per heavy atom. The van der Waals surface area contributed by atoms with Gasteiger partial charge in [-0.15, -0.1) is 0 Å². The zero-order chi connectivity index (χ0) is 26.7. The van der Waals surface area contributed by atoms with E-state index in [1.165, 1.54) is 0 Å². The van der Waals surface area contributed by atoms with Crippen molar-refractivity contribution in [1.82, 2.24) is 9.55 Å². The first-order chi connectivity index (χ1) is 16.8. The molecule has 2 aromatic carbocycles. The number of hydrogen-bond acceptors (Lipinski definition) is 5. The summed E-state index contributed by atoms with van der Waals surface area (Å²) in [6, 6.07) is 15.2. The number of primary amides is 1. The van der Waals surface area contributed by atoms with E-state index in [9.17, 15) is 14.7 Å². The van der Waals surface area contributed by atoms with E-state index in [4.69, 9.17) is 10.5 Å². The maximum absolute atomic E-state index is 12.8. The minimum absolute atomic E-state index is 0.230. The van der Waals surface area contributed by atoms with Crippen molar-refractivity contribution in [2.24, 2.45) is 5.73 Å². The van der Waals surface area contributed by atoms with E-state index in [2.05, 4.69) is 11.9 Å². The Morgan fingerprint density at radius 1 is 1.03 bits per heavy atom. The van der Waals surface area contributed by atoms with Crippen LogP contribution in [0.3, 0.4) is 0 Å². The van der Waals surface area contributed by atoms with Gasteiger partial charge < -0.3 is 20.1 Å². The quantitative estimate of drug-likeness (QED) is 0.399. The average molecular weight is 492 g/mol. The molecule has 0 bridgehead atoms. The third-order valence-electron chi connectivity index (χ3n) is 5.76. The number of amides is 1. The molecular weight excluding hydrogens is 454 g/mol. The molecule has 1 aromatic heterocycles. The summed E-state index contributed by atoms with van der Waals surface area (Å²) in [6.07, 6.45) is 2.55. The van der Waals surface area contributed by atoms with Crippen LogP contribution >= 0.6 is 0 Å². The lowest BCUT2D eigenvalue weighted by atomic mass is 9.98. The van der Waals surface area contributed by atoms with Crippen LogP contribution in [0.4, 0.5) is 0 Å². The van der Waals surface area contributed by atoms with Crippen LogP contribution in [0.1, 0.15) is 92.3 Å². The van der Waals surface area contributed by atoms with E-state index >= 15 is 0 Å². The van der Waals surface area contributed by atoms with Crippen LogP contribution in [0.15, 0.2) is 48.5 Å². The van der Waals surface area contributed by atoms with Crippen molar-refractivity contribution in [3.8, 4) is 11.1 Å². The second kappa shape index (κ2) is 10.7. The van der Waals surface area contributed by atoms with Gasteiger partial charge in [-0.2, -0.15) is 0 Å². The van der Waals surface area contributed by atoms with Gasteiger partial charge in [0, 0.05) is 13.0 Å². The highest BCUT2D eigenvalue weighted by molar-refractivity contribution is 5.97. The first-order valence-electron chi connectivity index (χ1n) is 12.4. The van der Waals surface area contributed by atoms with Crippen LogP contribution < -0.4 is 5.73 Å². The standard InChI is InChI=1S/C29H37N3O4/c1-7-8-13-23-31-25(29(5,6)35)24(26(30)33)32(23)18-19-14-16-20(17-15-19)21-11-9-10-12-22(21)27(34)36-28(2,3)4/h9-12,14-17,35H,7-8,13,18H2,1-6H3,(H2,30,33). The van der Waals surface area contributed by atoms with Gasteiger partial charge in [0.25, 0.3) is 5.91 Å². The van der Waals surface area contributed by atoms with E-state index in [0.717, 1.165) is 35.4 Å². The molecule has 7 heteroatoms. The molecule has 0 aliphatic rings. The molecule has 0 saturated carbocycles. The number of unbranched alkanes of at least 4 members (excludes halogenated alkanes) is 1. The molecule has 0 fully saturated rings. The summed E-state index contributed by atoms with van der Waals surface area (Å²) in [5.41, 5.74) is 7.48. The van der Waals surface area contributed by atoms with Gasteiger partial charge in [0.1, 0.15) is 28.4 Å². The third kappa shape index (κ3) is 6.40. The first kappa shape index (κ1) is 27.1. The van der Waals surface area contributed by atoms with Crippen molar-refractivity contribution in [3.63, 3.8) is 0 Å². The fraction of sp³-hybridized carbons (Fsp3) is 0.414. The Hall–Kier alpha value is -3.45. The largest absolute Gasteiger partial charge is 0.456 e. The Bertz CT molecular complexity index is 1230. The number of carbonyl (C=O) groups excluding carboxylic acids is 2. The van der Waals surface area contributed by atoms with Crippen molar-refractivity contribution >= 4 is 11.9 Å². The Kier molecular flexibility index (Phi) is 8.04. The van der Waals surface area contributed by atoms with Gasteiger partial charge in [0.15, 0.2) is 0 Å². The SMILES string of the molecule is CCCCc1nc(C(C)(C)O)c(C(N)=O)n1Cc1ccc(-c2ccccc2C(=O)OC(C)(C)C)cc1. The van der Waals surface area contributed by atoms with E-state index in [1.54, 1.807) is 19.9 Å². The van der Waals surface area contributed by atoms with Crippen LogP contribution in [0.5, 0.6) is 0 Å². The number of nitrogens with two attached hydrogens (primary N) is 1. The normalized spacial score (nSPS) is 12.0. The number of aromatic nitrogens is 2. The number of rotatable bonds is 9. The van der Waals surface area contributed by atoms with Crippen LogP contribution in [-0.4, -0.2) is 32.1 Å². The summed E-state index contributed by atoms with van der Waals surface area (Å²) < 4.78 is 7.40. The second-order valence-electron chi connectivity index (χ2n) is 10.6. The lowest BCUT2D eigenvalue weighted by molar-refractivity contribution is 0.00702. The van der Waals surface area contributed by atoms with Gasteiger partial charge in [-0.25, -0.2) is 9.78 Å². The third-order valence-corrected chi connectivity index (χ3v) is 5.76. The van der Waals surface area contributed by atoms with Crippen LogP contribution in [0.25, 0.3) is 11.1 Å². The topological polar surface area (TPSA) is 107 Å². The highest BCUT2D eigenvalue weighted by Gasteiger charge is 2.30. The summed E-state index contributed by atoms with van der Waals surface area (Å²) in [5, 5.41) is 10.6. The predicted molar refractivity (Wildman–Crippen MR) is 141 cm³/mol. The van der Waals surface area contributed by atoms with Gasteiger partial charge in [-0.3, -0.25) is 4.79 Å². The lowest BCUT2D eigenvalue weighted by Gasteiger charge is -2.20. The number of carbonyl (C=O) groups is 2. The molecule has 3 N–H and O–H groups in total. The maximum Gasteiger partial charge on any atom is 0.339 e. The molecule has 0 saturated heterocycles. The van der Waals surface area contributed by atoms with Gasteiger partial charge in [-0.05, 0) is 63.8 Å². The monoisotopic (exact) mass is 491 g/mol. The number of nitrogens with zero attached hydrogens (tertiary/aromatic N) is 2. The summed E-state index contributed by atoms with van der Waals surface area (Å²) in [7, 11) is 0. The molecule has 0 atom stereocenters. The van der Waals surface area contributed by atoms with Crippen LogP contribution in [0, 0.1) is 0 Å². The first-order valence-corrected chi connectivity index (χ1v) is 12.4. The zero-order valence-corrected chi connectivity index (χ0v) is 22.1. The molecule has 0 aliphatic heterocycles. The Labute approximate surface area is 213 Å². The number of esters is 1. The smallest absolute Gasteiger partial charge is 0.339 e. The Morgan fingerprint density at radius 3 is 2.22 bits per heavy atom. The number of aliphatic hydroxyl groups is 1. The molecule has 0 unspecified atom stereocenters. The van der Waals surface area contributed by atoms with E-state index in [0.29, 0.717) is 24.2 Å². The molecule has 1 heterocycles.